The van der Waals surface area contributed by atoms with Crippen molar-refractivity contribution in [1.82, 2.24) is 0 Å². The summed E-state index contributed by atoms with van der Waals surface area (Å²) in [6, 6.07) is 10.00. The fraction of sp³-hybridized carbons (Fsp3) is 0.350. The van der Waals surface area contributed by atoms with Gasteiger partial charge in [0, 0.05) is 11.8 Å². The van der Waals surface area contributed by atoms with Gasteiger partial charge in [-0.05, 0) is 30.5 Å². The van der Waals surface area contributed by atoms with Crippen LogP contribution in [0.4, 0.5) is 11.4 Å². The van der Waals surface area contributed by atoms with E-state index in [2.05, 4.69) is 12.2 Å². The highest BCUT2D eigenvalue weighted by atomic mass is 16.6. The lowest BCUT2D eigenvalue weighted by Crippen LogP contribution is -2.14. The highest BCUT2D eigenvalue weighted by molar-refractivity contribution is 6.07. The number of nitrogens with zero attached hydrogens (tertiary/aromatic N) is 1. The number of rotatable bonds is 9. The summed E-state index contributed by atoms with van der Waals surface area (Å²) in [5.41, 5.74) is 1.33. The number of nitro benzene ring substituents is 1. The van der Waals surface area contributed by atoms with Crippen molar-refractivity contribution in [2.45, 2.75) is 32.6 Å². The summed E-state index contributed by atoms with van der Waals surface area (Å²) in [5.74, 6) is -0.141. The Bertz CT molecular complexity index is 803. The van der Waals surface area contributed by atoms with E-state index >= 15 is 0 Å². The third kappa shape index (κ3) is 5.20. The Kier molecular flexibility index (Phi) is 7.16. The fourth-order valence-electron chi connectivity index (χ4n) is 2.73. The molecule has 0 spiro atoms. The lowest BCUT2D eigenvalue weighted by molar-refractivity contribution is -0.385. The lowest BCUT2D eigenvalue weighted by atomic mass is 10.1. The number of benzene rings is 2. The van der Waals surface area contributed by atoms with Gasteiger partial charge in [-0.2, -0.15) is 0 Å². The third-order valence-electron chi connectivity index (χ3n) is 4.22. The molecule has 7 nitrogen and oxygen atoms in total. The van der Waals surface area contributed by atoms with Gasteiger partial charge in [0.25, 0.3) is 11.6 Å². The van der Waals surface area contributed by atoms with Crippen molar-refractivity contribution in [2.24, 2.45) is 0 Å². The van der Waals surface area contributed by atoms with Crippen molar-refractivity contribution in [3.8, 4) is 11.5 Å². The van der Waals surface area contributed by atoms with Crippen molar-refractivity contribution < 1.29 is 19.2 Å². The van der Waals surface area contributed by atoms with E-state index in [1.807, 2.05) is 12.1 Å². The molecule has 0 heterocycles. The average Bonchev–Trinajstić information content (AvgIpc) is 2.68. The van der Waals surface area contributed by atoms with Crippen LogP contribution in [0.3, 0.4) is 0 Å². The average molecular weight is 372 g/mol. The van der Waals surface area contributed by atoms with Gasteiger partial charge in [-0.3, -0.25) is 14.9 Å². The molecule has 0 saturated carbocycles. The van der Waals surface area contributed by atoms with Gasteiger partial charge in [0.15, 0.2) is 11.5 Å². The molecule has 0 unspecified atom stereocenters. The zero-order valence-corrected chi connectivity index (χ0v) is 15.8. The molecule has 0 aromatic heterocycles. The van der Waals surface area contributed by atoms with Crippen molar-refractivity contribution in [3.05, 3.63) is 57.6 Å². The second-order valence-corrected chi connectivity index (χ2v) is 6.09. The predicted molar refractivity (Wildman–Crippen MR) is 104 cm³/mol. The SMILES string of the molecule is CCCCCc1ccc(NC(=O)c2cc(OC)c(OC)cc2[N+](=O)[O-])cc1. The maximum absolute atomic E-state index is 12.6. The summed E-state index contributed by atoms with van der Waals surface area (Å²) >= 11 is 0. The Morgan fingerprint density at radius 3 is 2.26 bits per heavy atom. The molecule has 0 aliphatic rings. The second-order valence-electron chi connectivity index (χ2n) is 6.09. The van der Waals surface area contributed by atoms with Crippen LogP contribution >= 0.6 is 0 Å². The van der Waals surface area contributed by atoms with E-state index < -0.39 is 10.8 Å². The Hall–Kier alpha value is -3.09. The molecule has 0 bridgehead atoms. The van der Waals surface area contributed by atoms with Crippen LogP contribution in [-0.2, 0) is 6.42 Å². The topological polar surface area (TPSA) is 90.7 Å². The Morgan fingerprint density at radius 1 is 1.07 bits per heavy atom. The van der Waals surface area contributed by atoms with E-state index in [9.17, 15) is 14.9 Å². The number of hydrogen-bond acceptors (Lipinski definition) is 5. The fourth-order valence-corrected chi connectivity index (χ4v) is 2.73. The van der Waals surface area contributed by atoms with Crippen LogP contribution in [0.1, 0.15) is 42.1 Å². The Balaban J connectivity index is 2.20. The van der Waals surface area contributed by atoms with Crippen LogP contribution in [0.25, 0.3) is 0 Å². The van der Waals surface area contributed by atoms with Gasteiger partial charge in [0.05, 0.1) is 25.2 Å². The first-order valence-corrected chi connectivity index (χ1v) is 8.80. The van der Waals surface area contributed by atoms with Crippen LogP contribution in [-0.4, -0.2) is 25.1 Å². The highest BCUT2D eigenvalue weighted by Crippen LogP contribution is 2.34. The van der Waals surface area contributed by atoms with Gasteiger partial charge in [0.1, 0.15) is 5.56 Å². The molecule has 0 aliphatic carbocycles. The Morgan fingerprint density at radius 2 is 1.70 bits per heavy atom. The summed E-state index contributed by atoms with van der Waals surface area (Å²) < 4.78 is 10.2. The van der Waals surface area contributed by atoms with Gasteiger partial charge in [-0.25, -0.2) is 0 Å². The largest absolute Gasteiger partial charge is 0.493 e. The van der Waals surface area contributed by atoms with Gasteiger partial charge in [-0.15, -0.1) is 0 Å². The summed E-state index contributed by atoms with van der Waals surface area (Å²) in [4.78, 5) is 23.3. The molecule has 27 heavy (non-hydrogen) atoms. The number of nitrogens with one attached hydrogen (secondary N) is 1. The van der Waals surface area contributed by atoms with E-state index in [1.165, 1.54) is 38.3 Å². The van der Waals surface area contributed by atoms with Crippen LogP contribution in [0.5, 0.6) is 11.5 Å². The summed E-state index contributed by atoms with van der Waals surface area (Å²) in [6.07, 6.45) is 4.46. The normalized spacial score (nSPS) is 10.3. The van der Waals surface area contributed by atoms with E-state index in [0.29, 0.717) is 5.69 Å². The maximum atomic E-state index is 12.6. The van der Waals surface area contributed by atoms with Crippen LogP contribution in [0, 0.1) is 10.1 Å². The number of unbranched alkanes of at least 4 members (excludes halogenated alkanes) is 2. The molecular weight excluding hydrogens is 348 g/mol. The minimum absolute atomic E-state index is 0.0929. The van der Waals surface area contributed by atoms with Gasteiger partial charge in [-0.1, -0.05) is 31.9 Å². The zero-order valence-electron chi connectivity index (χ0n) is 15.8. The van der Waals surface area contributed by atoms with Crippen molar-refractivity contribution >= 4 is 17.3 Å². The molecule has 0 saturated heterocycles. The lowest BCUT2D eigenvalue weighted by Gasteiger charge is -2.11. The minimum atomic E-state index is -0.617. The molecule has 0 fully saturated rings. The van der Waals surface area contributed by atoms with Crippen LogP contribution < -0.4 is 14.8 Å². The van der Waals surface area contributed by atoms with Crippen molar-refractivity contribution in [3.63, 3.8) is 0 Å². The first kappa shape index (κ1) is 20.2. The minimum Gasteiger partial charge on any atom is -0.493 e. The quantitative estimate of drug-likeness (QED) is 0.395. The van der Waals surface area contributed by atoms with E-state index in [1.54, 1.807) is 12.1 Å². The Labute approximate surface area is 158 Å². The first-order chi connectivity index (χ1) is 13.0. The maximum Gasteiger partial charge on any atom is 0.286 e. The standard InChI is InChI=1S/C20H24N2O5/c1-4-5-6-7-14-8-10-15(11-9-14)21-20(23)16-12-18(26-2)19(27-3)13-17(16)22(24)25/h8-13H,4-7H2,1-3H3,(H,21,23). The van der Waals surface area contributed by atoms with E-state index in [0.717, 1.165) is 19.3 Å². The van der Waals surface area contributed by atoms with E-state index in [4.69, 9.17) is 9.47 Å². The summed E-state index contributed by atoms with van der Waals surface area (Å²) in [7, 11) is 2.78. The first-order valence-electron chi connectivity index (χ1n) is 8.80. The van der Waals surface area contributed by atoms with Gasteiger partial charge >= 0.3 is 0 Å². The molecule has 144 valence electrons. The van der Waals surface area contributed by atoms with E-state index in [-0.39, 0.29) is 22.7 Å². The molecule has 2 rings (SSSR count). The molecule has 1 amide bonds. The monoisotopic (exact) mass is 372 g/mol. The van der Waals surface area contributed by atoms with Gasteiger partial charge < -0.3 is 14.8 Å². The molecule has 0 radical (unpaired) electrons. The number of anilines is 1. The number of nitro groups is 1. The molecule has 1 N–H and O–H groups in total. The number of hydrogen-bond donors (Lipinski definition) is 1. The van der Waals surface area contributed by atoms with Crippen LogP contribution in [0.2, 0.25) is 0 Å². The molecule has 2 aromatic rings. The number of methoxy groups -OCH3 is 2. The van der Waals surface area contributed by atoms with Crippen molar-refractivity contribution in [1.29, 1.82) is 0 Å². The summed E-state index contributed by atoms with van der Waals surface area (Å²) in [6.45, 7) is 2.16. The highest BCUT2D eigenvalue weighted by Gasteiger charge is 2.24. The number of ether oxygens (including phenoxy) is 2. The molecule has 2 aromatic carbocycles. The molecular formula is C20H24N2O5. The molecule has 0 atom stereocenters. The smallest absolute Gasteiger partial charge is 0.286 e. The number of carbonyl (C=O) groups is 1. The van der Waals surface area contributed by atoms with Crippen LogP contribution in [0.15, 0.2) is 36.4 Å². The van der Waals surface area contributed by atoms with Gasteiger partial charge in [0.2, 0.25) is 0 Å². The molecule has 7 heteroatoms. The predicted octanol–water partition coefficient (Wildman–Crippen LogP) is 4.60. The van der Waals surface area contributed by atoms with Crippen molar-refractivity contribution in [2.75, 3.05) is 19.5 Å². The third-order valence-corrected chi connectivity index (χ3v) is 4.22. The number of carbonyl (C=O) groups excluding carboxylic acids is 1. The second kappa shape index (κ2) is 9.56. The number of aryl methyl sites for hydroxylation is 1. The zero-order chi connectivity index (χ0) is 19.8. The summed E-state index contributed by atoms with van der Waals surface area (Å²) in [5, 5.41) is 14.0. The number of amides is 1. The molecule has 0 aliphatic heterocycles.